The Morgan fingerprint density at radius 2 is 2.00 bits per heavy atom. The fourth-order valence-electron chi connectivity index (χ4n) is 2.24. The van der Waals surface area contributed by atoms with Crippen LogP contribution in [0.15, 0.2) is 46.1 Å². The van der Waals surface area contributed by atoms with Crippen LogP contribution in [-0.2, 0) is 11.8 Å². The predicted octanol–water partition coefficient (Wildman–Crippen LogP) is 2.54. The first-order valence-electron chi connectivity index (χ1n) is 6.71. The van der Waals surface area contributed by atoms with Crippen LogP contribution in [0.25, 0.3) is 22.0 Å². The van der Waals surface area contributed by atoms with Gasteiger partial charge >= 0.3 is 5.97 Å². The largest absolute Gasteiger partial charge is 0.464 e. The normalized spacial score (nSPS) is 10.7. The summed E-state index contributed by atoms with van der Waals surface area (Å²) in [4.78, 5) is 32.1. The number of hydrogen-bond donors (Lipinski definition) is 0. The molecule has 0 bridgehead atoms. The molecule has 0 atom stereocenters. The van der Waals surface area contributed by atoms with Crippen molar-refractivity contribution in [2.75, 3.05) is 7.11 Å². The van der Waals surface area contributed by atoms with Crippen molar-refractivity contribution in [1.82, 2.24) is 14.5 Å². The molecule has 3 rings (SSSR count). The van der Waals surface area contributed by atoms with Crippen molar-refractivity contribution < 1.29 is 9.53 Å². The number of rotatable bonds is 2. The van der Waals surface area contributed by atoms with Gasteiger partial charge in [0, 0.05) is 41.1 Å². The smallest absolute Gasteiger partial charge is 0.356 e. The fourth-order valence-corrected chi connectivity index (χ4v) is 2.86. The van der Waals surface area contributed by atoms with Crippen molar-refractivity contribution in [2.45, 2.75) is 0 Å². The monoisotopic (exact) mass is 373 g/mol. The van der Waals surface area contributed by atoms with E-state index in [0.717, 1.165) is 9.86 Å². The molecule has 0 amide bonds. The number of carbonyl (C=O) groups is 1. The zero-order chi connectivity index (χ0) is 16.6. The van der Waals surface area contributed by atoms with E-state index in [1.54, 1.807) is 37.6 Å². The quantitative estimate of drug-likeness (QED) is 0.645. The SMILES string of the molecule is COC(=O)c1ccc(-c2cc3c(=O)n(C)cc(Br)c3cn2)cn1. The van der Waals surface area contributed by atoms with E-state index >= 15 is 0 Å². The molecule has 0 N–H and O–H groups in total. The molecule has 6 nitrogen and oxygen atoms in total. The second-order valence-corrected chi connectivity index (χ2v) is 5.79. The predicted molar refractivity (Wildman–Crippen MR) is 89.3 cm³/mol. The van der Waals surface area contributed by atoms with Gasteiger partial charge in [0.2, 0.25) is 0 Å². The lowest BCUT2D eigenvalue weighted by Crippen LogP contribution is -2.16. The Morgan fingerprint density at radius 1 is 1.22 bits per heavy atom. The molecule has 0 fully saturated rings. The third-order valence-corrected chi connectivity index (χ3v) is 4.10. The van der Waals surface area contributed by atoms with E-state index in [-0.39, 0.29) is 11.3 Å². The number of halogens is 1. The van der Waals surface area contributed by atoms with Gasteiger partial charge in [0.05, 0.1) is 18.2 Å². The first-order chi connectivity index (χ1) is 11.0. The summed E-state index contributed by atoms with van der Waals surface area (Å²) in [7, 11) is 3.00. The topological polar surface area (TPSA) is 74.1 Å². The number of ether oxygens (including phenoxy) is 1. The number of aryl methyl sites for hydroxylation is 1. The summed E-state index contributed by atoms with van der Waals surface area (Å²) >= 11 is 3.43. The number of methoxy groups -OCH3 is 1. The zero-order valence-electron chi connectivity index (χ0n) is 12.4. The molecular formula is C16H12BrN3O3. The minimum Gasteiger partial charge on any atom is -0.464 e. The zero-order valence-corrected chi connectivity index (χ0v) is 14.0. The van der Waals surface area contributed by atoms with Gasteiger partial charge in [-0.05, 0) is 34.1 Å². The number of pyridine rings is 3. The number of carbonyl (C=O) groups excluding carboxylic acids is 1. The maximum absolute atomic E-state index is 12.3. The summed E-state index contributed by atoms with van der Waals surface area (Å²) in [6.45, 7) is 0. The molecule has 116 valence electrons. The Balaban J connectivity index is 2.12. The van der Waals surface area contributed by atoms with Crippen molar-refractivity contribution in [3.8, 4) is 11.3 Å². The van der Waals surface area contributed by atoms with Crippen molar-refractivity contribution in [3.63, 3.8) is 0 Å². The lowest BCUT2D eigenvalue weighted by atomic mass is 10.1. The van der Waals surface area contributed by atoms with Crippen LogP contribution in [0.5, 0.6) is 0 Å². The number of esters is 1. The second-order valence-electron chi connectivity index (χ2n) is 4.93. The molecule has 23 heavy (non-hydrogen) atoms. The Kier molecular flexibility index (Phi) is 3.96. The van der Waals surface area contributed by atoms with Crippen molar-refractivity contribution >= 4 is 32.7 Å². The second kappa shape index (κ2) is 5.92. The molecular weight excluding hydrogens is 362 g/mol. The van der Waals surface area contributed by atoms with Gasteiger partial charge in [0.1, 0.15) is 5.69 Å². The van der Waals surface area contributed by atoms with E-state index in [0.29, 0.717) is 16.6 Å². The highest BCUT2D eigenvalue weighted by atomic mass is 79.9. The molecule has 0 unspecified atom stereocenters. The first kappa shape index (κ1) is 15.4. The van der Waals surface area contributed by atoms with Crippen molar-refractivity contribution in [1.29, 1.82) is 0 Å². The van der Waals surface area contributed by atoms with Gasteiger partial charge in [0.25, 0.3) is 5.56 Å². The molecule has 3 aromatic rings. The van der Waals surface area contributed by atoms with Crippen molar-refractivity contribution in [3.05, 3.63) is 57.3 Å². The van der Waals surface area contributed by atoms with E-state index in [4.69, 9.17) is 0 Å². The van der Waals surface area contributed by atoms with E-state index in [2.05, 4.69) is 30.6 Å². The lowest BCUT2D eigenvalue weighted by molar-refractivity contribution is 0.0594. The molecule has 0 saturated heterocycles. The summed E-state index contributed by atoms with van der Waals surface area (Å²) in [5.74, 6) is -0.499. The fraction of sp³-hybridized carbons (Fsp3) is 0.125. The van der Waals surface area contributed by atoms with Crippen LogP contribution in [0.1, 0.15) is 10.5 Å². The highest BCUT2D eigenvalue weighted by molar-refractivity contribution is 9.10. The van der Waals surface area contributed by atoms with Crippen LogP contribution >= 0.6 is 15.9 Å². The van der Waals surface area contributed by atoms with Gasteiger partial charge in [-0.2, -0.15) is 0 Å². The van der Waals surface area contributed by atoms with E-state index in [9.17, 15) is 9.59 Å². The molecule has 0 aliphatic heterocycles. The Bertz CT molecular complexity index is 965. The van der Waals surface area contributed by atoms with Gasteiger partial charge in [-0.25, -0.2) is 9.78 Å². The summed E-state index contributed by atoms with van der Waals surface area (Å²) < 4.78 is 6.92. The van der Waals surface area contributed by atoms with Crippen LogP contribution in [0.2, 0.25) is 0 Å². The third-order valence-electron chi connectivity index (χ3n) is 3.47. The number of hydrogen-bond acceptors (Lipinski definition) is 5. The molecule has 0 saturated carbocycles. The molecule has 7 heteroatoms. The minimum absolute atomic E-state index is 0.106. The van der Waals surface area contributed by atoms with Crippen LogP contribution in [0, 0.1) is 0 Å². The Morgan fingerprint density at radius 3 is 2.65 bits per heavy atom. The molecule has 0 radical (unpaired) electrons. The molecule has 3 aromatic heterocycles. The van der Waals surface area contributed by atoms with Crippen LogP contribution < -0.4 is 5.56 Å². The Hall–Kier alpha value is -2.54. The molecule has 0 spiro atoms. The van der Waals surface area contributed by atoms with Crippen molar-refractivity contribution in [2.24, 2.45) is 7.05 Å². The van der Waals surface area contributed by atoms with Crippen LogP contribution in [0.4, 0.5) is 0 Å². The lowest BCUT2D eigenvalue weighted by Gasteiger charge is -2.07. The van der Waals surface area contributed by atoms with Gasteiger partial charge in [-0.3, -0.25) is 9.78 Å². The molecule has 0 aromatic carbocycles. The molecule has 0 aliphatic carbocycles. The molecule has 3 heterocycles. The molecule has 0 aliphatic rings. The summed E-state index contributed by atoms with van der Waals surface area (Å²) in [5, 5.41) is 1.31. The van der Waals surface area contributed by atoms with E-state index < -0.39 is 5.97 Å². The van der Waals surface area contributed by atoms with Gasteiger partial charge < -0.3 is 9.30 Å². The maximum atomic E-state index is 12.3. The van der Waals surface area contributed by atoms with Gasteiger partial charge in [-0.1, -0.05) is 0 Å². The van der Waals surface area contributed by atoms with E-state index in [1.807, 2.05) is 0 Å². The number of fused-ring (bicyclic) bond motifs is 1. The highest BCUT2D eigenvalue weighted by Gasteiger charge is 2.10. The van der Waals surface area contributed by atoms with E-state index in [1.165, 1.54) is 17.9 Å². The average Bonchev–Trinajstić information content (AvgIpc) is 2.59. The van der Waals surface area contributed by atoms with Gasteiger partial charge in [0.15, 0.2) is 0 Å². The third kappa shape index (κ3) is 2.75. The number of aromatic nitrogens is 3. The highest BCUT2D eigenvalue weighted by Crippen LogP contribution is 2.24. The summed E-state index contributed by atoms with van der Waals surface area (Å²) in [5.41, 5.74) is 1.43. The minimum atomic E-state index is -0.499. The van der Waals surface area contributed by atoms with Crippen LogP contribution in [-0.4, -0.2) is 27.6 Å². The maximum Gasteiger partial charge on any atom is 0.356 e. The average molecular weight is 374 g/mol. The number of nitrogens with zero attached hydrogens (tertiary/aromatic N) is 3. The first-order valence-corrected chi connectivity index (χ1v) is 7.50. The summed E-state index contributed by atoms with van der Waals surface area (Å²) in [6, 6.07) is 5.00. The van der Waals surface area contributed by atoms with Gasteiger partial charge in [-0.15, -0.1) is 0 Å². The Labute approximate surface area is 139 Å². The standard InChI is InChI=1S/C16H12BrN3O3/c1-20-8-12(17)11-7-19-14(5-10(11)15(20)21)9-3-4-13(18-6-9)16(22)23-2/h3-8H,1-2H3. The van der Waals surface area contributed by atoms with Crippen LogP contribution in [0.3, 0.4) is 0 Å². The summed E-state index contributed by atoms with van der Waals surface area (Å²) in [6.07, 6.45) is 4.88.